The molecule has 20 heavy (non-hydrogen) atoms. The Bertz CT molecular complexity index is 430. The van der Waals surface area contributed by atoms with Gasteiger partial charge in [0.15, 0.2) is 0 Å². The van der Waals surface area contributed by atoms with Crippen molar-refractivity contribution < 1.29 is 0 Å². The highest BCUT2D eigenvalue weighted by Gasteiger charge is 2.34. The van der Waals surface area contributed by atoms with E-state index >= 15 is 0 Å². The highest BCUT2D eigenvalue weighted by atomic mass is 15.3. The minimum atomic E-state index is 0.311. The lowest BCUT2D eigenvalue weighted by atomic mass is 9.84. The zero-order valence-electron chi connectivity index (χ0n) is 13.9. The van der Waals surface area contributed by atoms with Crippen molar-refractivity contribution in [2.45, 2.75) is 59.7 Å². The Morgan fingerprint density at radius 3 is 2.35 bits per heavy atom. The van der Waals surface area contributed by atoms with Crippen LogP contribution in [0.4, 0.5) is 0 Å². The van der Waals surface area contributed by atoms with E-state index in [1.807, 2.05) is 0 Å². The second-order valence-electron chi connectivity index (χ2n) is 7.46. The molecule has 2 rings (SSSR count). The summed E-state index contributed by atoms with van der Waals surface area (Å²) in [5, 5.41) is 3.71. The fourth-order valence-corrected chi connectivity index (χ4v) is 3.04. The molecule has 0 radical (unpaired) electrons. The fourth-order valence-electron chi connectivity index (χ4n) is 3.04. The monoisotopic (exact) mass is 274 g/mol. The van der Waals surface area contributed by atoms with E-state index in [9.17, 15) is 0 Å². The summed E-state index contributed by atoms with van der Waals surface area (Å²) >= 11 is 0. The van der Waals surface area contributed by atoms with Crippen LogP contribution in [0.2, 0.25) is 0 Å². The fraction of sp³-hybridized carbons (Fsp3) is 0.667. The molecule has 1 fully saturated rings. The first-order chi connectivity index (χ1) is 9.29. The van der Waals surface area contributed by atoms with Crippen molar-refractivity contribution in [3.05, 3.63) is 35.4 Å². The zero-order valence-corrected chi connectivity index (χ0v) is 13.9. The molecule has 112 valence electrons. The van der Waals surface area contributed by atoms with Crippen LogP contribution in [-0.4, -0.2) is 30.1 Å². The van der Waals surface area contributed by atoms with Crippen molar-refractivity contribution in [2.24, 2.45) is 5.41 Å². The maximum Gasteiger partial charge on any atom is 0.0323 e. The topological polar surface area (TPSA) is 15.3 Å². The van der Waals surface area contributed by atoms with Crippen LogP contribution in [0.15, 0.2) is 24.3 Å². The van der Waals surface area contributed by atoms with Gasteiger partial charge in [-0.15, -0.1) is 0 Å². The molecule has 1 aromatic rings. The molecular formula is C18H30N2. The molecule has 2 nitrogen and oxygen atoms in total. The van der Waals surface area contributed by atoms with Crippen molar-refractivity contribution in [3.8, 4) is 0 Å². The maximum absolute atomic E-state index is 3.71. The number of nitrogens with zero attached hydrogens (tertiary/aromatic N) is 1. The van der Waals surface area contributed by atoms with E-state index < -0.39 is 0 Å². The van der Waals surface area contributed by atoms with Gasteiger partial charge >= 0.3 is 0 Å². The van der Waals surface area contributed by atoms with E-state index in [1.165, 1.54) is 11.1 Å². The van der Waals surface area contributed by atoms with E-state index in [-0.39, 0.29) is 0 Å². The van der Waals surface area contributed by atoms with Gasteiger partial charge in [-0.3, -0.25) is 4.90 Å². The maximum atomic E-state index is 3.71. The van der Waals surface area contributed by atoms with E-state index in [0.29, 0.717) is 23.5 Å². The van der Waals surface area contributed by atoms with Crippen molar-refractivity contribution in [2.75, 3.05) is 13.1 Å². The molecule has 3 unspecified atom stereocenters. The van der Waals surface area contributed by atoms with Gasteiger partial charge in [0.05, 0.1) is 0 Å². The van der Waals surface area contributed by atoms with E-state index in [4.69, 9.17) is 0 Å². The molecule has 1 aliphatic heterocycles. The molecule has 1 N–H and O–H groups in total. The average molecular weight is 274 g/mol. The molecule has 0 saturated carbocycles. The predicted octanol–water partition coefficient (Wildman–Crippen LogP) is 3.76. The average Bonchev–Trinajstić information content (AvgIpc) is 2.38. The van der Waals surface area contributed by atoms with E-state index in [2.05, 4.69) is 76.0 Å². The molecule has 1 heterocycles. The minimum Gasteiger partial charge on any atom is -0.311 e. The Morgan fingerprint density at radius 1 is 1.20 bits per heavy atom. The van der Waals surface area contributed by atoms with Gasteiger partial charge in [-0.2, -0.15) is 0 Å². The molecule has 1 aliphatic rings. The molecule has 3 atom stereocenters. The lowest BCUT2D eigenvalue weighted by Gasteiger charge is -2.46. The molecule has 0 aliphatic carbocycles. The summed E-state index contributed by atoms with van der Waals surface area (Å²) in [6.45, 7) is 16.0. The van der Waals surface area contributed by atoms with Crippen LogP contribution >= 0.6 is 0 Å². The van der Waals surface area contributed by atoms with Gasteiger partial charge in [0.1, 0.15) is 0 Å². The number of hydrogen-bond donors (Lipinski definition) is 1. The molecule has 0 bridgehead atoms. The number of hydrogen-bond acceptors (Lipinski definition) is 2. The van der Waals surface area contributed by atoms with Crippen LogP contribution in [0, 0.1) is 12.3 Å². The summed E-state index contributed by atoms with van der Waals surface area (Å²) in [7, 11) is 0. The largest absolute Gasteiger partial charge is 0.311 e. The van der Waals surface area contributed by atoms with Crippen LogP contribution in [0.1, 0.15) is 51.8 Å². The summed E-state index contributed by atoms with van der Waals surface area (Å²) < 4.78 is 0. The lowest BCUT2D eigenvalue weighted by Crippen LogP contribution is -2.59. The third-order valence-electron chi connectivity index (χ3n) is 4.72. The van der Waals surface area contributed by atoms with Crippen molar-refractivity contribution >= 4 is 0 Å². The first-order valence-corrected chi connectivity index (χ1v) is 7.84. The second kappa shape index (κ2) is 5.87. The predicted molar refractivity (Wildman–Crippen MR) is 87.0 cm³/mol. The number of aryl methyl sites for hydroxylation is 1. The smallest absolute Gasteiger partial charge is 0.0323 e. The Hall–Kier alpha value is -0.860. The van der Waals surface area contributed by atoms with E-state index in [0.717, 1.165) is 13.1 Å². The summed E-state index contributed by atoms with van der Waals surface area (Å²) in [6.07, 6.45) is 0. The van der Waals surface area contributed by atoms with E-state index in [1.54, 1.807) is 0 Å². The Kier molecular flexibility index (Phi) is 4.55. The molecule has 1 aromatic carbocycles. The number of nitrogens with one attached hydrogen (secondary N) is 1. The lowest BCUT2D eigenvalue weighted by molar-refractivity contribution is 0.0628. The summed E-state index contributed by atoms with van der Waals surface area (Å²) in [5.74, 6) is 0. The van der Waals surface area contributed by atoms with Crippen molar-refractivity contribution in [3.63, 3.8) is 0 Å². The van der Waals surface area contributed by atoms with Gasteiger partial charge in [0.2, 0.25) is 0 Å². The Labute approximate surface area is 124 Å². The Balaban J connectivity index is 2.14. The van der Waals surface area contributed by atoms with Crippen molar-refractivity contribution in [1.82, 2.24) is 10.2 Å². The van der Waals surface area contributed by atoms with Crippen LogP contribution in [0.25, 0.3) is 0 Å². The molecule has 0 aromatic heterocycles. The first-order valence-electron chi connectivity index (χ1n) is 7.84. The standard InChI is InChI=1S/C18H30N2/c1-13-7-9-16(10-8-13)15(3)20-12-17(18(4,5)6)19-11-14(20)2/h7-10,14-15,17,19H,11-12H2,1-6H3. The number of benzene rings is 1. The van der Waals surface area contributed by atoms with Gasteiger partial charge in [-0.1, -0.05) is 50.6 Å². The SMILES string of the molecule is Cc1ccc(C(C)N2CC(C(C)(C)C)NCC2C)cc1. The van der Waals surface area contributed by atoms with Gasteiger partial charge < -0.3 is 5.32 Å². The van der Waals surface area contributed by atoms with Gasteiger partial charge in [-0.25, -0.2) is 0 Å². The normalized spacial score (nSPS) is 26.5. The first kappa shape index (κ1) is 15.5. The highest BCUT2D eigenvalue weighted by Crippen LogP contribution is 2.29. The molecular weight excluding hydrogens is 244 g/mol. The third kappa shape index (κ3) is 3.42. The molecule has 1 saturated heterocycles. The van der Waals surface area contributed by atoms with Gasteiger partial charge in [0.25, 0.3) is 0 Å². The zero-order chi connectivity index (χ0) is 14.9. The quantitative estimate of drug-likeness (QED) is 0.883. The van der Waals surface area contributed by atoms with Crippen molar-refractivity contribution in [1.29, 1.82) is 0 Å². The number of piperazine rings is 1. The van der Waals surface area contributed by atoms with Crippen LogP contribution in [-0.2, 0) is 0 Å². The highest BCUT2D eigenvalue weighted by molar-refractivity contribution is 5.24. The molecule has 0 spiro atoms. The summed E-state index contributed by atoms with van der Waals surface area (Å²) in [5.41, 5.74) is 3.07. The number of rotatable bonds is 2. The minimum absolute atomic E-state index is 0.311. The van der Waals surface area contributed by atoms with Crippen LogP contribution in [0.5, 0.6) is 0 Å². The second-order valence-corrected chi connectivity index (χ2v) is 7.46. The van der Waals surface area contributed by atoms with Crippen LogP contribution < -0.4 is 5.32 Å². The molecule has 0 amide bonds. The van der Waals surface area contributed by atoms with Gasteiger partial charge in [-0.05, 0) is 31.7 Å². The van der Waals surface area contributed by atoms with Gasteiger partial charge in [0, 0.05) is 31.2 Å². The Morgan fingerprint density at radius 2 is 1.80 bits per heavy atom. The van der Waals surface area contributed by atoms with Crippen LogP contribution in [0.3, 0.4) is 0 Å². The molecule has 2 heteroatoms. The summed E-state index contributed by atoms with van der Waals surface area (Å²) in [6, 6.07) is 10.6. The third-order valence-corrected chi connectivity index (χ3v) is 4.72. The summed E-state index contributed by atoms with van der Waals surface area (Å²) in [4.78, 5) is 2.65.